The molecular formula is C33H46N6O8. The van der Waals surface area contributed by atoms with Gasteiger partial charge in [0.25, 0.3) is 0 Å². The molecule has 14 heteroatoms. The van der Waals surface area contributed by atoms with E-state index in [0.29, 0.717) is 38.2 Å². The maximum Gasteiger partial charge on any atom is 0.326 e. The van der Waals surface area contributed by atoms with Gasteiger partial charge in [0.15, 0.2) is 0 Å². The molecule has 1 aromatic heterocycles. The molecule has 1 aliphatic heterocycles. The molecule has 11 N–H and O–H groups in total. The Balaban J connectivity index is 0.000000316. The van der Waals surface area contributed by atoms with Crippen LogP contribution in [-0.2, 0) is 32.0 Å². The van der Waals surface area contributed by atoms with E-state index >= 15 is 0 Å². The number of aliphatic carboxylic acids is 4. The number of hydrogen-bond acceptors (Lipinski definition) is 10. The van der Waals surface area contributed by atoms with E-state index < -0.39 is 48.0 Å². The third-order valence-corrected chi connectivity index (χ3v) is 6.80. The molecule has 5 atom stereocenters. The number of hydrogen-bond donors (Lipinski definition) is 8. The van der Waals surface area contributed by atoms with Crippen molar-refractivity contribution in [2.24, 2.45) is 17.2 Å². The number of anilines is 1. The lowest BCUT2D eigenvalue weighted by molar-refractivity contribution is -0.139. The van der Waals surface area contributed by atoms with E-state index in [4.69, 9.17) is 37.6 Å². The van der Waals surface area contributed by atoms with Gasteiger partial charge in [0.2, 0.25) is 0 Å². The van der Waals surface area contributed by atoms with Gasteiger partial charge in [-0.25, -0.2) is 9.78 Å². The Morgan fingerprint density at radius 3 is 1.57 bits per heavy atom. The number of carboxylic acid groups (broad SMARTS) is 4. The highest BCUT2D eigenvalue weighted by atomic mass is 16.4. The Labute approximate surface area is 274 Å². The first-order chi connectivity index (χ1) is 22.3. The fraction of sp³-hybridized carbons (Fsp3) is 0.364. The van der Waals surface area contributed by atoms with Crippen LogP contribution >= 0.6 is 0 Å². The molecule has 0 amide bonds. The van der Waals surface area contributed by atoms with Gasteiger partial charge in [0, 0.05) is 25.3 Å². The van der Waals surface area contributed by atoms with Crippen LogP contribution in [0.3, 0.4) is 0 Å². The molecule has 1 aliphatic rings. The monoisotopic (exact) mass is 654 g/mol. The first-order valence-corrected chi connectivity index (χ1v) is 14.9. The average molecular weight is 655 g/mol. The molecule has 2 aromatic carbocycles. The summed E-state index contributed by atoms with van der Waals surface area (Å²) in [5, 5.41) is 37.1. The molecule has 3 aromatic rings. The highest BCUT2D eigenvalue weighted by molar-refractivity contribution is 5.77. The summed E-state index contributed by atoms with van der Waals surface area (Å²) >= 11 is 0. The molecule has 0 bridgehead atoms. The standard InChI is InChI=1S/C10H14N2O2.2C9H11NO2.C5H10N2O2/c1-3-12(8(2)10(13)14)9-6-4-5-7-11-9;2*10-8(9(11)12)6-7-4-2-1-3-5-7;6-3-1-4(5(8)9)7-2-3/h4-8H,3H2,1-2H3,(H,13,14);2*1-5,8H,6,10H2,(H,11,12);3-4,7H,1-2,6H2,(H,8,9)/t;;;3?,4-/m...0/s1. The molecule has 0 saturated carbocycles. The van der Waals surface area contributed by atoms with Gasteiger partial charge in [0.05, 0.1) is 0 Å². The third kappa shape index (κ3) is 16.3. The van der Waals surface area contributed by atoms with Crippen molar-refractivity contribution in [3.8, 4) is 0 Å². The zero-order valence-electron chi connectivity index (χ0n) is 26.6. The van der Waals surface area contributed by atoms with Crippen LogP contribution < -0.4 is 27.4 Å². The number of carbonyl (C=O) groups is 4. The lowest BCUT2D eigenvalue weighted by Crippen LogP contribution is -2.39. The number of nitrogens with two attached hydrogens (primary N) is 3. The van der Waals surface area contributed by atoms with Gasteiger partial charge in [-0.2, -0.15) is 0 Å². The zero-order valence-corrected chi connectivity index (χ0v) is 26.6. The molecule has 2 heterocycles. The first-order valence-electron chi connectivity index (χ1n) is 14.9. The van der Waals surface area contributed by atoms with Crippen molar-refractivity contribution >= 4 is 29.7 Å². The SMILES string of the molecule is CCN(c1ccccn1)C(C)C(=O)O.NC(Cc1ccccc1)C(=O)O.NC(Cc1ccccc1)C(=O)O.NC1CN[C@H](C(=O)O)C1. The van der Waals surface area contributed by atoms with E-state index in [9.17, 15) is 19.2 Å². The van der Waals surface area contributed by atoms with E-state index in [1.807, 2.05) is 85.8 Å². The normalized spacial score (nSPS) is 16.6. The highest BCUT2D eigenvalue weighted by Gasteiger charge is 2.26. The van der Waals surface area contributed by atoms with Gasteiger partial charge in [-0.1, -0.05) is 66.7 Å². The molecule has 256 valence electrons. The van der Waals surface area contributed by atoms with Crippen LogP contribution in [0.2, 0.25) is 0 Å². The number of aromatic nitrogens is 1. The van der Waals surface area contributed by atoms with Gasteiger partial charge in [-0.05, 0) is 56.4 Å². The van der Waals surface area contributed by atoms with Crippen LogP contribution in [0.25, 0.3) is 0 Å². The Kier molecular flexibility index (Phi) is 18.6. The number of benzene rings is 2. The summed E-state index contributed by atoms with van der Waals surface area (Å²) in [4.78, 5) is 47.6. The number of rotatable bonds is 11. The average Bonchev–Trinajstić information content (AvgIpc) is 3.50. The maximum atomic E-state index is 10.8. The van der Waals surface area contributed by atoms with E-state index in [-0.39, 0.29) is 6.04 Å². The summed E-state index contributed by atoms with van der Waals surface area (Å²) in [5.41, 5.74) is 18.0. The largest absolute Gasteiger partial charge is 0.480 e. The van der Waals surface area contributed by atoms with Crippen molar-refractivity contribution in [3.05, 3.63) is 96.2 Å². The summed E-state index contributed by atoms with van der Waals surface area (Å²) in [6.07, 6.45) is 2.98. The van der Waals surface area contributed by atoms with E-state index in [2.05, 4.69) is 10.3 Å². The molecule has 4 unspecified atom stereocenters. The highest BCUT2D eigenvalue weighted by Crippen LogP contribution is 2.12. The van der Waals surface area contributed by atoms with Crippen LogP contribution in [0.1, 0.15) is 31.4 Å². The minimum atomic E-state index is -0.959. The molecule has 47 heavy (non-hydrogen) atoms. The fourth-order valence-corrected chi connectivity index (χ4v) is 4.15. The Hall–Kier alpha value is -4.89. The molecule has 4 rings (SSSR count). The summed E-state index contributed by atoms with van der Waals surface area (Å²) in [5.74, 6) is -2.86. The first kappa shape index (κ1) is 40.1. The molecule has 14 nitrogen and oxygen atoms in total. The zero-order chi connectivity index (χ0) is 35.4. The summed E-state index contributed by atoms with van der Waals surface area (Å²) in [6, 6.07) is 21.6. The molecule has 0 radical (unpaired) electrons. The summed E-state index contributed by atoms with van der Waals surface area (Å²) in [6.45, 7) is 4.82. The lowest BCUT2D eigenvalue weighted by atomic mass is 10.1. The van der Waals surface area contributed by atoms with Crippen molar-refractivity contribution in [1.82, 2.24) is 10.3 Å². The predicted octanol–water partition coefficient (Wildman–Crippen LogP) is 1.42. The van der Waals surface area contributed by atoms with E-state index in [0.717, 1.165) is 11.1 Å². The van der Waals surface area contributed by atoms with Crippen LogP contribution in [-0.4, -0.2) is 92.6 Å². The van der Waals surface area contributed by atoms with Crippen molar-refractivity contribution in [3.63, 3.8) is 0 Å². The van der Waals surface area contributed by atoms with Crippen LogP contribution in [0, 0.1) is 0 Å². The van der Waals surface area contributed by atoms with Gasteiger partial charge in [-0.15, -0.1) is 0 Å². The fourth-order valence-electron chi connectivity index (χ4n) is 4.15. The number of carboxylic acids is 4. The van der Waals surface area contributed by atoms with Crippen LogP contribution in [0.15, 0.2) is 85.1 Å². The summed E-state index contributed by atoms with van der Waals surface area (Å²) < 4.78 is 0. The number of likely N-dealkylation sites (N-methyl/N-ethyl adjacent to an activating group) is 1. The second-order valence-corrected chi connectivity index (χ2v) is 10.6. The second-order valence-electron chi connectivity index (χ2n) is 10.6. The van der Waals surface area contributed by atoms with E-state index in [1.165, 1.54) is 0 Å². The molecule has 1 fully saturated rings. The minimum Gasteiger partial charge on any atom is -0.480 e. The van der Waals surface area contributed by atoms with Crippen molar-refractivity contribution in [2.75, 3.05) is 18.0 Å². The minimum absolute atomic E-state index is 0.0195. The van der Waals surface area contributed by atoms with Crippen molar-refractivity contribution in [1.29, 1.82) is 0 Å². The van der Waals surface area contributed by atoms with Crippen molar-refractivity contribution < 1.29 is 39.6 Å². The molecule has 1 saturated heterocycles. The van der Waals surface area contributed by atoms with Gasteiger partial charge >= 0.3 is 23.9 Å². The molecule has 0 aliphatic carbocycles. The Morgan fingerprint density at radius 2 is 1.28 bits per heavy atom. The number of nitrogens with one attached hydrogen (secondary N) is 1. The van der Waals surface area contributed by atoms with E-state index in [1.54, 1.807) is 18.0 Å². The van der Waals surface area contributed by atoms with Gasteiger partial charge in [-0.3, -0.25) is 14.4 Å². The molecular weight excluding hydrogens is 608 g/mol. The van der Waals surface area contributed by atoms with Gasteiger partial charge in [0.1, 0.15) is 30.0 Å². The predicted molar refractivity (Wildman–Crippen MR) is 178 cm³/mol. The molecule has 0 spiro atoms. The van der Waals surface area contributed by atoms with Gasteiger partial charge < -0.3 is 47.8 Å². The smallest absolute Gasteiger partial charge is 0.326 e. The third-order valence-electron chi connectivity index (χ3n) is 6.80. The Bertz CT molecular complexity index is 1290. The second kappa shape index (κ2) is 21.8. The maximum absolute atomic E-state index is 10.8. The van der Waals surface area contributed by atoms with Crippen LogP contribution in [0.4, 0.5) is 5.82 Å². The Morgan fingerprint density at radius 1 is 0.809 bits per heavy atom. The number of nitrogens with zero attached hydrogens (tertiary/aromatic N) is 2. The van der Waals surface area contributed by atoms with Crippen molar-refractivity contribution in [2.45, 2.75) is 63.3 Å². The van der Waals surface area contributed by atoms with Crippen LogP contribution in [0.5, 0.6) is 0 Å². The lowest BCUT2D eigenvalue weighted by Gasteiger charge is -2.25. The quantitative estimate of drug-likeness (QED) is 0.146. The topological polar surface area (TPSA) is 255 Å². The number of pyridine rings is 1. The summed E-state index contributed by atoms with van der Waals surface area (Å²) in [7, 11) is 0.